The number of carbonyl (C=O) groups is 1. The fraction of sp³-hybridized carbons (Fsp3) is 0.0769. The van der Waals surface area contributed by atoms with Gasteiger partial charge in [-0.15, -0.1) is 0 Å². The molecule has 6 heteroatoms. The van der Waals surface area contributed by atoms with Gasteiger partial charge in [-0.05, 0) is 24.3 Å². The van der Waals surface area contributed by atoms with E-state index in [4.69, 9.17) is 20.8 Å². The summed E-state index contributed by atoms with van der Waals surface area (Å²) in [6.07, 6.45) is 3.01. The third kappa shape index (κ3) is 1.88. The summed E-state index contributed by atoms with van der Waals surface area (Å²) >= 11 is 5.96. The first-order chi connectivity index (χ1) is 9.20. The van der Waals surface area contributed by atoms with Gasteiger partial charge in [0.25, 0.3) is 0 Å². The Morgan fingerprint density at radius 3 is 3.05 bits per heavy atom. The molecule has 1 aromatic carbocycles. The van der Waals surface area contributed by atoms with Crippen molar-refractivity contribution in [2.24, 2.45) is 0 Å². The molecule has 96 valence electrons. The summed E-state index contributed by atoms with van der Waals surface area (Å²) in [6, 6.07) is 7.29. The number of hydrogen-bond donors (Lipinski definition) is 0. The smallest absolute Gasteiger partial charge is 0.358 e. The Balaban J connectivity index is 2.18. The van der Waals surface area contributed by atoms with Crippen LogP contribution in [0.15, 0.2) is 41.1 Å². The molecule has 0 saturated carbocycles. The largest absolute Gasteiger partial charge is 0.464 e. The van der Waals surface area contributed by atoms with Gasteiger partial charge in [0, 0.05) is 5.39 Å². The second-order valence-corrected chi connectivity index (χ2v) is 4.29. The van der Waals surface area contributed by atoms with Crippen LogP contribution in [0.2, 0.25) is 5.02 Å². The van der Waals surface area contributed by atoms with Gasteiger partial charge in [-0.1, -0.05) is 11.6 Å². The van der Waals surface area contributed by atoms with Crippen LogP contribution in [0.1, 0.15) is 10.5 Å². The number of fused-ring (bicyclic) bond motifs is 1. The van der Waals surface area contributed by atoms with E-state index in [1.54, 1.807) is 18.4 Å². The molecule has 0 radical (unpaired) electrons. The SMILES string of the molecule is COC(=O)c1c(Cl)cnn1-c1ccc2occc2c1. The first-order valence-electron chi connectivity index (χ1n) is 5.50. The van der Waals surface area contributed by atoms with Gasteiger partial charge in [-0.2, -0.15) is 5.10 Å². The molecular weight excluding hydrogens is 268 g/mol. The van der Waals surface area contributed by atoms with E-state index in [1.807, 2.05) is 12.1 Å². The van der Waals surface area contributed by atoms with Crippen molar-refractivity contribution in [2.75, 3.05) is 7.11 Å². The predicted molar refractivity (Wildman–Crippen MR) is 69.7 cm³/mol. The Bertz CT molecular complexity index is 760. The normalized spacial score (nSPS) is 10.8. The molecule has 0 aliphatic carbocycles. The topological polar surface area (TPSA) is 57.3 Å². The average molecular weight is 277 g/mol. The van der Waals surface area contributed by atoms with Crippen molar-refractivity contribution in [2.45, 2.75) is 0 Å². The van der Waals surface area contributed by atoms with Crippen molar-refractivity contribution in [1.82, 2.24) is 9.78 Å². The fourth-order valence-electron chi connectivity index (χ4n) is 1.89. The lowest BCUT2D eigenvalue weighted by atomic mass is 10.2. The van der Waals surface area contributed by atoms with Crippen molar-refractivity contribution in [3.05, 3.63) is 47.4 Å². The monoisotopic (exact) mass is 276 g/mol. The highest BCUT2D eigenvalue weighted by Crippen LogP contribution is 2.23. The molecule has 0 unspecified atom stereocenters. The number of carbonyl (C=O) groups excluding carboxylic acids is 1. The minimum absolute atomic E-state index is 0.201. The Labute approximate surface area is 113 Å². The van der Waals surface area contributed by atoms with Gasteiger partial charge in [0.15, 0.2) is 5.69 Å². The predicted octanol–water partition coefficient (Wildman–Crippen LogP) is 3.06. The third-order valence-corrected chi connectivity index (χ3v) is 3.06. The van der Waals surface area contributed by atoms with Crippen LogP contribution in [0.5, 0.6) is 0 Å². The van der Waals surface area contributed by atoms with E-state index in [-0.39, 0.29) is 10.7 Å². The highest BCUT2D eigenvalue weighted by Gasteiger charge is 2.19. The summed E-state index contributed by atoms with van der Waals surface area (Å²) in [5, 5.41) is 5.27. The maximum Gasteiger partial charge on any atom is 0.358 e. The molecule has 0 saturated heterocycles. The molecule has 3 rings (SSSR count). The molecule has 0 N–H and O–H groups in total. The Morgan fingerprint density at radius 1 is 1.42 bits per heavy atom. The zero-order valence-electron chi connectivity index (χ0n) is 9.96. The molecule has 0 fully saturated rings. The fourth-order valence-corrected chi connectivity index (χ4v) is 2.09. The van der Waals surface area contributed by atoms with E-state index in [1.165, 1.54) is 18.0 Å². The maximum absolute atomic E-state index is 11.7. The first-order valence-corrected chi connectivity index (χ1v) is 5.88. The van der Waals surface area contributed by atoms with Crippen molar-refractivity contribution in [1.29, 1.82) is 0 Å². The summed E-state index contributed by atoms with van der Waals surface area (Å²) in [5.74, 6) is -0.533. The van der Waals surface area contributed by atoms with Crippen molar-refractivity contribution < 1.29 is 13.9 Å². The molecule has 5 nitrogen and oxygen atoms in total. The number of nitrogens with zero attached hydrogens (tertiary/aromatic N) is 2. The van der Waals surface area contributed by atoms with Crippen LogP contribution in [0.25, 0.3) is 16.7 Å². The number of aromatic nitrogens is 2. The second-order valence-electron chi connectivity index (χ2n) is 3.89. The highest BCUT2D eigenvalue weighted by atomic mass is 35.5. The van der Waals surface area contributed by atoms with Crippen LogP contribution in [-0.4, -0.2) is 22.9 Å². The lowest BCUT2D eigenvalue weighted by Gasteiger charge is -2.06. The molecule has 0 spiro atoms. The van der Waals surface area contributed by atoms with Crippen LogP contribution in [0.3, 0.4) is 0 Å². The van der Waals surface area contributed by atoms with Crippen LogP contribution in [0, 0.1) is 0 Å². The zero-order chi connectivity index (χ0) is 13.4. The van der Waals surface area contributed by atoms with Gasteiger partial charge < -0.3 is 9.15 Å². The Morgan fingerprint density at radius 2 is 2.26 bits per heavy atom. The molecule has 3 aromatic rings. The summed E-state index contributed by atoms with van der Waals surface area (Å²) in [5.41, 5.74) is 1.68. The van der Waals surface area contributed by atoms with E-state index in [0.29, 0.717) is 5.69 Å². The van der Waals surface area contributed by atoms with Crippen molar-refractivity contribution >= 4 is 28.5 Å². The summed E-state index contributed by atoms with van der Waals surface area (Å²) < 4.78 is 11.4. The lowest BCUT2D eigenvalue weighted by molar-refractivity contribution is 0.0590. The third-order valence-electron chi connectivity index (χ3n) is 2.78. The molecule has 0 bridgehead atoms. The summed E-state index contributed by atoms with van der Waals surface area (Å²) in [7, 11) is 1.30. The maximum atomic E-state index is 11.7. The molecule has 0 aliphatic rings. The van der Waals surface area contributed by atoms with Gasteiger partial charge >= 0.3 is 5.97 Å². The molecular formula is C13H9ClN2O3. The van der Waals surface area contributed by atoms with Gasteiger partial charge in [-0.3, -0.25) is 0 Å². The van der Waals surface area contributed by atoms with Gasteiger partial charge in [0.1, 0.15) is 5.58 Å². The van der Waals surface area contributed by atoms with Crippen LogP contribution in [0.4, 0.5) is 0 Å². The Hall–Kier alpha value is -2.27. The zero-order valence-corrected chi connectivity index (χ0v) is 10.7. The van der Waals surface area contributed by atoms with Crippen molar-refractivity contribution in [3.8, 4) is 5.69 Å². The molecule has 0 amide bonds. The van der Waals surface area contributed by atoms with Crippen LogP contribution < -0.4 is 0 Å². The number of furan rings is 1. The molecule has 0 aliphatic heterocycles. The summed E-state index contributed by atoms with van der Waals surface area (Å²) in [4.78, 5) is 11.7. The minimum atomic E-state index is -0.533. The van der Waals surface area contributed by atoms with E-state index in [2.05, 4.69) is 5.10 Å². The highest BCUT2D eigenvalue weighted by molar-refractivity contribution is 6.33. The average Bonchev–Trinajstić information content (AvgIpc) is 3.03. The van der Waals surface area contributed by atoms with E-state index in [0.717, 1.165) is 11.0 Å². The standard InChI is InChI=1S/C13H9ClN2O3/c1-18-13(17)12-10(14)7-15-16(12)9-2-3-11-8(6-9)4-5-19-11/h2-7H,1H3. The van der Waals surface area contributed by atoms with E-state index < -0.39 is 5.97 Å². The lowest BCUT2D eigenvalue weighted by Crippen LogP contribution is -2.10. The first kappa shape index (κ1) is 11.8. The minimum Gasteiger partial charge on any atom is -0.464 e. The van der Waals surface area contributed by atoms with Gasteiger partial charge in [0.05, 0.1) is 30.3 Å². The number of esters is 1. The molecule has 2 heterocycles. The van der Waals surface area contributed by atoms with Gasteiger partial charge in [0.2, 0.25) is 0 Å². The quantitative estimate of drug-likeness (QED) is 0.675. The van der Waals surface area contributed by atoms with Crippen LogP contribution >= 0.6 is 11.6 Å². The number of benzene rings is 1. The number of rotatable bonds is 2. The number of methoxy groups -OCH3 is 1. The number of halogens is 1. The second kappa shape index (κ2) is 4.44. The van der Waals surface area contributed by atoms with Crippen LogP contribution in [-0.2, 0) is 4.74 Å². The van der Waals surface area contributed by atoms with Crippen molar-refractivity contribution in [3.63, 3.8) is 0 Å². The molecule has 2 aromatic heterocycles. The van der Waals surface area contributed by atoms with Gasteiger partial charge in [-0.25, -0.2) is 9.48 Å². The number of ether oxygens (including phenoxy) is 1. The van der Waals surface area contributed by atoms with E-state index >= 15 is 0 Å². The summed E-state index contributed by atoms with van der Waals surface area (Å²) in [6.45, 7) is 0. The molecule has 0 atom stereocenters. The Kier molecular flexibility index (Phi) is 2.76. The molecule has 19 heavy (non-hydrogen) atoms. The van der Waals surface area contributed by atoms with E-state index in [9.17, 15) is 4.79 Å². The number of hydrogen-bond acceptors (Lipinski definition) is 4.